The Bertz CT molecular complexity index is 1600. The van der Waals surface area contributed by atoms with E-state index in [1.165, 1.54) is 36.4 Å². The van der Waals surface area contributed by atoms with Crippen LogP contribution in [0.2, 0.25) is 5.15 Å². The first kappa shape index (κ1) is 22.6. The summed E-state index contributed by atoms with van der Waals surface area (Å²) in [5, 5.41) is 2.80. The summed E-state index contributed by atoms with van der Waals surface area (Å²) in [5.74, 6) is -2.72. The van der Waals surface area contributed by atoms with Gasteiger partial charge in [-0.1, -0.05) is 23.7 Å². The Morgan fingerprint density at radius 1 is 1.00 bits per heavy atom. The number of amides is 1. The minimum absolute atomic E-state index is 0.0366. The number of rotatable bonds is 4. The zero-order chi connectivity index (χ0) is 24.7. The summed E-state index contributed by atoms with van der Waals surface area (Å²) in [5.41, 5.74) is 2.80. The number of fused-ring (bicyclic) bond motifs is 1. The molecule has 3 heterocycles. The van der Waals surface area contributed by atoms with E-state index in [0.29, 0.717) is 33.6 Å². The first-order valence-electron chi connectivity index (χ1n) is 10.5. The molecule has 35 heavy (non-hydrogen) atoms. The van der Waals surface area contributed by atoms with Gasteiger partial charge in [-0.25, -0.2) is 18.2 Å². The smallest absolute Gasteiger partial charge is 0.257 e. The molecule has 174 valence electrons. The molecule has 5 rings (SSSR count). The van der Waals surface area contributed by atoms with E-state index in [2.05, 4.69) is 15.3 Å². The zero-order valence-corrected chi connectivity index (χ0v) is 18.9. The molecular weight excluding hydrogens is 477 g/mol. The Morgan fingerprint density at radius 2 is 1.74 bits per heavy atom. The maximum absolute atomic E-state index is 14.5. The van der Waals surface area contributed by atoms with Crippen LogP contribution in [0, 0.1) is 24.4 Å². The van der Waals surface area contributed by atoms with Gasteiger partial charge in [-0.05, 0) is 55.5 Å². The number of carbonyl (C=O) groups excluding carboxylic acids is 1. The fourth-order valence-corrected chi connectivity index (χ4v) is 4.11. The third-order valence-electron chi connectivity index (χ3n) is 5.56. The number of halogens is 4. The monoisotopic (exact) mass is 492 g/mol. The van der Waals surface area contributed by atoms with Crippen molar-refractivity contribution in [2.75, 3.05) is 5.32 Å². The third kappa shape index (κ3) is 4.13. The maximum Gasteiger partial charge on any atom is 0.257 e. The van der Waals surface area contributed by atoms with Crippen molar-refractivity contribution in [1.82, 2.24) is 14.4 Å². The quantitative estimate of drug-likeness (QED) is 0.304. The minimum Gasteiger partial charge on any atom is -0.322 e. The molecule has 0 spiro atoms. The van der Waals surface area contributed by atoms with Crippen LogP contribution in [-0.4, -0.2) is 20.3 Å². The number of aryl methyl sites for hydroxylation is 1. The van der Waals surface area contributed by atoms with E-state index in [4.69, 9.17) is 11.6 Å². The largest absolute Gasteiger partial charge is 0.322 e. The predicted molar refractivity (Wildman–Crippen MR) is 128 cm³/mol. The summed E-state index contributed by atoms with van der Waals surface area (Å²) < 4.78 is 43.1. The standard InChI is InChI=1S/C26H16ClF3N4O/c1-14-20(26(35)32-17-9-7-16(28)8-10-17)12-15(13-31-14)18-5-3-11-34-23(18)24(27)33-25(34)19-4-2-6-21(29)22(19)30/h2-13H,1H3,(H,32,35). The van der Waals surface area contributed by atoms with Gasteiger partial charge < -0.3 is 5.32 Å². The van der Waals surface area contributed by atoms with Crippen molar-refractivity contribution in [1.29, 1.82) is 0 Å². The van der Waals surface area contributed by atoms with Crippen molar-refractivity contribution in [3.8, 4) is 22.5 Å². The van der Waals surface area contributed by atoms with E-state index in [1.54, 1.807) is 41.9 Å². The Labute approximate surface area is 202 Å². The van der Waals surface area contributed by atoms with Gasteiger partial charge in [-0.3, -0.25) is 14.2 Å². The predicted octanol–water partition coefficient (Wildman–Crippen LogP) is 6.69. The number of carbonyl (C=O) groups is 1. The lowest BCUT2D eigenvalue weighted by molar-refractivity contribution is 0.102. The van der Waals surface area contributed by atoms with Crippen molar-refractivity contribution < 1.29 is 18.0 Å². The molecule has 1 N–H and O–H groups in total. The van der Waals surface area contributed by atoms with Crippen LogP contribution in [0.1, 0.15) is 16.1 Å². The molecule has 0 bridgehead atoms. The molecule has 0 aliphatic heterocycles. The summed E-state index contributed by atoms with van der Waals surface area (Å²) in [6.07, 6.45) is 3.23. The molecule has 0 radical (unpaired) electrons. The number of anilines is 1. The topological polar surface area (TPSA) is 59.3 Å². The molecule has 0 aliphatic carbocycles. The first-order valence-corrected chi connectivity index (χ1v) is 10.9. The van der Waals surface area contributed by atoms with E-state index >= 15 is 0 Å². The molecule has 0 saturated carbocycles. The first-order chi connectivity index (χ1) is 16.8. The molecule has 9 heteroatoms. The SMILES string of the molecule is Cc1ncc(-c2cccn3c(-c4cccc(F)c4F)nc(Cl)c23)cc1C(=O)Nc1ccc(F)cc1. The normalized spacial score (nSPS) is 11.1. The van der Waals surface area contributed by atoms with E-state index in [-0.39, 0.29) is 16.5 Å². The highest BCUT2D eigenvalue weighted by Gasteiger charge is 2.20. The number of imidazole rings is 1. The lowest BCUT2D eigenvalue weighted by Gasteiger charge is -2.11. The van der Waals surface area contributed by atoms with Gasteiger partial charge in [-0.2, -0.15) is 0 Å². The fourth-order valence-electron chi connectivity index (χ4n) is 3.84. The fraction of sp³-hybridized carbons (Fsp3) is 0.0385. The molecule has 5 aromatic rings. The lowest BCUT2D eigenvalue weighted by atomic mass is 10.0. The second-order valence-electron chi connectivity index (χ2n) is 7.79. The molecule has 0 fully saturated rings. The van der Waals surface area contributed by atoms with Gasteiger partial charge in [0, 0.05) is 29.2 Å². The second-order valence-corrected chi connectivity index (χ2v) is 8.14. The van der Waals surface area contributed by atoms with Crippen LogP contribution in [0.3, 0.4) is 0 Å². The average Bonchev–Trinajstić information content (AvgIpc) is 3.19. The summed E-state index contributed by atoms with van der Waals surface area (Å²) in [4.78, 5) is 21.6. The summed E-state index contributed by atoms with van der Waals surface area (Å²) in [6.45, 7) is 1.70. The number of pyridine rings is 2. The van der Waals surface area contributed by atoms with E-state index in [9.17, 15) is 18.0 Å². The highest BCUT2D eigenvalue weighted by Crippen LogP contribution is 2.35. The molecule has 5 nitrogen and oxygen atoms in total. The van der Waals surface area contributed by atoms with Crippen LogP contribution in [0.25, 0.3) is 28.0 Å². The molecule has 0 atom stereocenters. The number of hydrogen-bond donors (Lipinski definition) is 1. The van der Waals surface area contributed by atoms with Gasteiger partial charge in [0.15, 0.2) is 16.8 Å². The van der Waals surface area contributed by atoms with E-state index < -0.39 is 23.4 Å². The maximum atomic E-state index is 14.5. The number of nitrogens with zero attached hydrogens (tertiary/aromatic N) is 3. The number of benzene rings is 2. The Hall–Kier alpha value is -4.17. The van der Waals surface area contributed by atoms with Crippen LogP contribution >= 0.6 is 11.6 Å². The molecule has 0 saturated heterocycles. The van der Waals surface area contributed by atoms with Crippen LogP contribution in [-0.2, 0) is 0 Å². The van der Waals surface area contributed by atoms with Gasteiger partial charge in [0.1, 0.15) is 11.6 Å². The van der Waals surface area contributed by atoms with Gasteiger partial charge in [-0.15, -0.1) is 0 Å². The van der Waals surface area contributed by atoms with Gasteiger partial charge in [0.05, 0.1) is 22.3 Å². The zero-order valence-electron chi connectivity index (χ0n) is 18.2. The van der Waals surface area contributed by atoms with Crippen LogP contribution < -0.4 is 5.32 Å². The van der Waals surface area contributed by atoms with Gasteiger partial charge in [0.2, 0.25) is 0 Å². The molecule has 1 amide bonds. The van der Waals surface area contributed by atoms with Gasteiger partial charge >= 0.3 is 0 Å². The highest BCUT2D eigenvalue weighted by atomic mass is 35.5. The summed E-state index contributed by atoms with van der Waals surface area (Å²) >= 11 is 6.45. The summed E-state index contributed by atoms with van der Waals surface area (Å²) in [7, 11) is 0. The van der Waals surface area contributed by atoms with Crippen LogP contribution in [0.15, 0.2) is 73.1 Å². The third-order valence-corrected chi connectivity index (χ3v) is 5.82. The summed E-state index contributed by atoms with van der Waals surface area (Å²) in [6, 6.07) is 14.4. The highest BCUT2D eigenvalue weighted by molar-refractivity contribution is 6.33. The molecule has 2 aromatic carbocycles. The molecular formula is C26H16ClF3N4O. The Morgan fingerprint density at radius 3 is 2.51 bits per heavy atom. The lowest BCUT2D eigenvalue weighted by Crippen LogP contribution is -2.14. The van der Waals surface area contributed by atoms with E-state index in [1.807, 2.05) is 0 Å². The van der Waals surface area contributed by atoms with Gasteiger partial charge in [0.25, 0.3) is 5.91 Å². The van der Waals surface area contributed by atoms with Crippen molar-refractivity contribution in [3.05, 3.63) is 107 Å². The Balaban J connectivity index is 1.59. The van der Waals surface area contributed by atoms with Crippen molar-refractivity contribution in [2.24, 2.45) is 0 Å². The van der Waals surface area contributed by atoms with Crippen molar-refractivity contribution in [3.63, 3.8) is 0 Å². The molecule has 0 aliphatic rings. The van der Waals surface area contributed by atoms with Crippen molar-refractivity contribution >= 4 is 28.7 Å². The number of hydrogen-bond acceptors (Lipinski definition) is 3. The Kier molecular flexibility index (Phi) is 5.74. The number of aromatic nitrogens is 3. The van der Waals surface area contributed by atoms with E-state index in [0.717, 1.165) is 6.07 Å². The second kappa shape index (κ2) is 8.88. The molecule has 0 unspecified atom stereocenters. The van der Waals surface area contributed by atoms with Crippen LogP contribution in [0.4, 0.5) is 18.9 Å². The minimum atomic E-state index is -1.03. The number of nitrogens with one attached hydrogen (secondary N) is 1. The van der Waals surface area contributed by atoms with Crippen LogP contribution in [0.5, 0.6) is 0 Å². The average molecular weight is 493 g/mol. The molecule has 3 aromatic heterocycles. The van der Waals surface area contributed by atoms with Crippen molar-refractivity contribution in [2.45, 2.75) is 6.92 Å².